The Morgan fingerprint density at radius 3 is 2.91 bits per heavy atom. The maximum Gasteiger partial charge on any atom is 0.323 e. The third kappa shape index (κ3) is 2.95. The molecule has 5 nitrogen and oxygen atoms in total. The van der Waals surface area contributed by atoms with Crippen LogP contribution < -0.4 is 5.32 Å². The Hall–Kier alpha value is -1.99. The number of rotatable bonds is 3. The fraction of sp³-hybridized carbons (Fsp3) is 0.267. The molecular weight excluding hydrogens is 316 g/mol. The summed E-state index contributed by atoms with van der Waals surface area (Å²) in [5.41, 5.74) is 0.996. The number of aromatic nitrogens is 2. The van der Waals surface area contributed by atoms with Crippen molar-refractivity contribution in [2.75, 3.05) is 12.4 Å². The van der Waals surface area contributed by atoms with Gasteiger partial charge in [-0.1, -0.05) is 17.4 Å². The van der Waals surface area contributed by atoms with Crippen molar-refractivity contribution in [3.05, 3.63) is 41.0 Å². The molecule has 0 aromatic carbocycles. The Kier molecular flexibility index (Phi) is 4.08. The maximum atomic E-state index is 12.4. The highest BCUT2D eigenvalue weighted by Gasteiger charge is 2.19. The van der Waals surface area contributed by atoms with Gasteiger partial charge in [0.1, 0.15) is 4.83 Å². The summed E-state index contributed by atoms with van der Waals surface area (Å²) in [6.07, 6.45) is 3.50. The molecule has 0 saturated carbocycles. The van der Waals surface area contributed by atoms with Gasteiger partial charge >= 0.3 is 6.03 Å². The zero-order chi connectivity index (χ0) is 15.7. The van der Waals surface area contributed by atoms with Crippen LogP contribution >= 0.6 is 22.7 Å². The molecule has 7 heteroatoms. The summed E-state index contributed by atoms with van der Waals surface area (Å²) in [6.45, 7) is 4.03. The summed E-state index contributed by atoms with van der Waals surface area (Å²) >= 11 is 3.14. The fourth-order valence-electron chi connectivity index (χ4n) is 2.10. The van der Waals surface area contributed by atoms with Crippen molar-refractivity contribution < 1.29 is 4.79 Å². The predicted molar refractivity (Wildman–Crippen MR) is 91.7 cm³/mol. The van der Waals surface area contributed by atoms with Crippen molar-refractivity contribution in [1.82, 2.24) is 14.9 Å². The van der Waals surface area contributed by atoms with Gasteiger partial charge in [0, 0.05) is 24.3 Å². The van der Waals surface area contributed by atoms with Crippen LogP contribution in [0, 0.1) is 6.92 Å². The summed E-state index contributed by atoms with van der Waals surface area (Å²) in [5.74, 6) is 0. The van der Waals surface area contributed by atoms with E-state index in [2.05, 4.69) is 28.3 Å². The molecule has 2 amide bonds. The highest BCUT2D eigenvalue weighted by Crippen LogP contribution is 2.32. The number of thiophene rings is 1. The molecule has 3 aromatic heterocycles. The molecule has 0 fully saturated rings. The van der Waals surface area contributed by atoms with Gasteiger partial charge in [-0.15, -0.1) is 11.3 Å². The van der Waals surface area contributed by atoms with E-state index in [1.165, 1.54) is 16.2 Å². The third-order valence-corrected chi connectivity index (χ3v) is 5.49. The third-order valence-electron chi connectivity index (χ3n) is 3.49. The van der Waals surface area contributed by atoms with Crippen LogP contribution in [0.2, 0.25) is 0 Å². The normalized spacial score (nSPS) is 12.3. The van der Waals surface area contributed by atoms with Gasteiger partial charge < -0.3 is 4.90 Å². The zero-order valence-corrected chi connectivity index (χ0v) is 14.2. The van der Waals surface area contributed by atoms with Crippen molar-refractivity contribution in [3.8, 4) is 0 Å². The molecule has 1 atom stereocenters. The first-order chi connectivity index (χ1) is 10.5. The molecule has 0 spiro atoms. The van der Waals surface area contributed by atoms with E-state index in [4.69, 9.17) is 0 Å². The summed E-state index contributed by atoms with van der Waals surface area (Å²) in [5, 5.41) is 3.50. The van der Waals surface area contributed by atoms with E-state index in [9.17, 15) is 4.79 Å². The van der Waals surface area contributed by atoms with Gasteiger partial charge in [0.25, 0.3) is 0 Å². The number of hydrogen-bond donors (Lipinski definition) is 1. The minimum absolute atomic E-state index is 0.0583. The molecule has 0 aliphatic carbocycles. The number of carbonyl (C=O) groups excluding carboxylic acids is 1. The zero-order valence-electron chi connectivity index (χ0n) is 12.5. The summed E-state index contributed by atoms with van der Waals surface area (Å²) < 4.78 is 1.11. The Bertz CT molecular complexity index is 765. The molecule has 3 aromatic rings. The Labute approximate surface area is 136 Å². The minimum Gasteiger partial charge on any atom is -0.321 e. The first-order valence-electron chi connectivity index (χ1n) is 6.85. The smallest absolute Gasteiger partial charge is 0.321 e. The minimum atomic E-state index is -0.172. The molecule has 0 aliphatic heterocycles. The molecule has 3 rings (SSSR count). The topological polar surface area (TPSA) is 58.1 Å². The van der Waals surface area contributed by atoms with E-state index in [-0.39, 0.29) is 12.1 Å². The summed E-state index contributed by atoms with van der Waals surface area (Å²) in [7, 11) is 1.77. The molecule has 114 valence electrons. The van der Waals surface area contributed by atoms with E-state index in [0.717, 1.165) is 15.1 Å². The van der Waals surface area contributed by atoms with Gasteiger partial charge in [-0.25, -0.2) is 9.78 Å². The number of carbonyl (C=O) groups is 1. The molecular formula is C15H16N4OS2. The largest absolute Gasteiger partial charge is 0.323 e. The van der Waals surface area contributed by atoms with E-state index in [1.807, 2.05) is 19.1 Å². The van der Waals surface area contributed by atoms with Crippen molar-refractivity contribution in [2.45, 2.75) is 19.9 Å². The lowest BCUT2D eigenvalue weighted by molar-refractivity contribution is 0.208. The van der Waals surface area contributed by atoms with Gasteiger partial charge in [0.2, 0.25) is 0 Å². The predicted octanol–water partition coefficient (Wildman–Crippen LogP) is 4.29. The molecule has 1 N–H and O–H groups in total. The standard InChI is InChI=1S/C15H16N4OS2/c1-9-7-12-13(21-9)17-14(22-12)18-15(20)19(3)10(2)11-5-4-6-16-8-11/h4-8,10H,1-3H3,(H,17,18,20). The fourth-order valence-corrected chi connectivity index (χ4v) is 4.12. The van der Waals surface area contributed by atoms with Gasteiger partial charge in [-0.2, -0.15) is 0 Å². The first-order valence-corrected chi connectivity index (χ1v) is 8.48. The van der Waals surface area contributed by atoms with Crippen molar-refractivity contribution in [1.29, 1.82) is 0 Å². The number of anilines is 1. The molecule has 0 saturated heterocycles. The number of nitrogens with zero attached hydrogens (tertiary/aromatic N) is 3. The van der Waals surface area contributed by atoms with E-state index in [0.29, 0.717) is 5.13 Å². The van der Waals surface area contributed by atoms with Crippen LogP contribution in [-0.4, -0.2) is 27.9 Å². The van der Waals surface area contributed by atoms with Crippen molar-refractivity contribution >= 4 is 43.4 Å². The number of nitrogens with one attached hydrogen (secondary N) is 1. The van der Waals surface area contributed by atoms with Gasteiger partial charge in [0.15, 0.2) is 5.13 Å². The van der Waals surface area contributed by atoms with E-state index >= 15 is 0 Å². The van der Waals surface area contributed by atoms with E-state index < -0.39 is 0 Å². The van der Waals surface area contributed by atoms with Crippen LogP contribution in [0.5, 0.6) is 0 Å². The molecule has 0 radical (unpaired) electrons. The highest BCUT2D eigenvalue weighted by molar-refractivity contribution is 7.29. The van der Waals surface area contributed by atoms with Crippen molar-refractivity contribution in [3.63, 3.8) is 0 Å². The SMILES string of the molecule is Cc1cc2sc(NC(=O)N(C)C(C)c3cccnc3)nc2s1. The van der Waals surface area contributed by atoms with E-state index in [1.54, 1.807) is 35.7 Å². The van der Waals surface area contributed by atoms with Crippen molar-refractivity contribution in [2.24, 2.45) is 0 Å². The van der Waals surface area contributed by atoms with Crippen LogP contribution in [-0.2, 0) is 0 Å². The quantitative estimate of drug-likeness (QED) is 0.778. The van der Waals surface area contributed by atoms with Crippen LogP contribution in [0.25, 0.3) is 9.53 Å². The molecule has 22 heavy (non-hydrogen) atoms. The number of urea groups is 1. The number of amides is 2. The van der Waals surface area contributed by atoms with Gasteiger partial charge in [-0.3, -0.25) is 10.3 Å². The van der Waals surface area contributed by atoms with Gasteiger partial charge in [-0.05, 0) is 31.5 Å². The number of aryl methyl sites for hydroxylation is 1. The summed E-state index contributed by atoms with van der Waals surface area (Å²) in [4.78, 5) is 24.8. The van der Waals surface area contributed by atoms with Gasteiger partial charge in [0.05, 0.1) is 10.7 Å². The number of pyridine rings is 1. The highest BCUT2D eigenvalue weighted by atomic mass is 32.1. The van der Waals surface area contributed by atoms with Crippen LogP contribution in [0.1, 0.15) is 23.4 Å². The molecule has 3 heterocycles. The first kappa shape index (κ1) is 14.9. The number of thiazole rings is 1. The Balaban J connectivity index is 1.71. The second-order valence-corrected chi connectivity index (χ2v) is 7.31. The Morgan fingerprint density at radius 2 is 2.23 bits per heavy atom. The lowest BCUT2D eigenvalue weighted by Crippen LogP contribution is -2.33. The lowest BCUT2D eigenvalue weighted by atomic mass is 10.1. The average Bonchev–Trinajstić information content (AvgIpc) is 3.03. The monoisotopic (exact) mass is 332 g/mol. The lowest BCUT2D eigenvalue weighted by Gasteiger charge is -2.24. The average molecular weight is 332 g/mol. The number of hydrogen-bond acceptors (Lipinski definition) is 5. The second-order valence-electron chi connectivity index (χ2n) is 5.05. The van der Waals surface area contributed by atoms with Crippen LogP contribution in [0.3, 0.4) is 0 Å². The maximum absolute atomic E-state index is 12.4. The number of fused-ring (bicyclic) bond motifs is 1. The Morgan fingerprint density at radius 1 is 1.41 bits per heavy atom. The molecule has 0 bridgehead atoms. The van der Waals surface area contributed by atoms with Crippen LogP contribution in [0.4, 0.5) is 9.93 Å². The molecule has 0 aliphatic rings. The van der Waals surface area contributed by atoms with Crippen LogP contribution in [0.15, 0.2) is 30.6 Å². The summed E-state index contributed by atoms with van der Waals surface area (Å²) in [6, 6.07) is 5.69. The molecule has 1 unspecified atom stereocenters. The second kappa shape index (κ2) is 6.02.